The molecule has 0 aliphatic heterocycles. The van der Waals surface area contributed by atoms with Gasteiger partial charge in [0, 0.05) is 18.0 Å². The highest BCUT2D eigenvalue weighted by molar-refractivity contribution is 5.95. The smallest absolute Gasteiger partial charge is 0.159 e. The molecule has 0 saturated carbocycles. The molecule has 3 nitrogen and oxygen atoms in total. The average molecular weight is 248 g/mol. The van der Waals surface area contributed by atoms with E-state index in [0.29, 0.717) is 0 Å². The van der Waals surface area contributed by atoms with Crippen molar-refractivity contribution in [3.8, 4) is 11.1 Å². The second-order valence-electron chi connectivity index (χ2n) is 4.40. The first-order valence-electron chi connectivity index (χ1n) is 6.06. The molecule has 3 rings (SSSR count). The second-order valence-corrected chi connectivity index (χ2v) is 4.40. The molecule has 0 fully saturated rings. The molecule has 2 aromatic carbocycles. The number of hydrogen-bond acceptors (Lipinski definition) is 3. The van der Waals surface area contributed by atoms with Crippen molar-refractivity contribution in [1.82, 2.24) is 9.97 Å². The van der Waals surface area contributed by atoms with Crippen LogP contribution in [0.4, 0.5) is 0 Å². The molecular formula is C16H12N2O. The maximum absolute atomic E-state index is 11.4. The Kier molecular flexibility index (Phi) is 2.80. The predicted octanol–water partition coefficient (Wildman–Crippen LogP) is 3.50. The SMILES string of the molecule is CC(=O)c1cccc(-c2ccc3nccnc3c2)c1. The van der Waals surface area contributed by atoms with Gasteiger partial charge in [-0.25, -0.2) is 0 Å². The van der Waals surface area contributed by atoms with Crippen molar-refractivity contribution < 1.29 is 4.79 Å². The van der Waals surface area contributed by atoms with Crippen molar-refractivity contribution in [1.29, 1.82) is 0 Å². The largest absolute Gasteiger partial charge is 0.295 e. The van der Waals surface area contributed by atoms with E-state index in [2.05, 4.69) is 9.97 Å². The summed E-state index contributed by atoms with van der Waals surface area (Å²) >= 11 is 0. The van der Waals surface area contributed by atoms with Gasteiger partial charge in [0.1, 0.15) is 0 Å². The summed E-state index contributed by atoms with van der Waals surface area (Å²) < 4.78 is 0. The van der Waals surface area contributed by atoms with E-state index >= 15 is 0 Å². The summed E-state index contributed by atoms with van der Waals surface area (Å²) in [6.45, 7) is 1.57. The summed E-state index contributed by atoms with van der Waals surface area (Å²) in [5.41, 5.74) is 4.50. The van der Waals surface area contributed by atoms with Gasteiger partial charge in [-0.3, -0.25) is 14.8 Å². The minimum absolute atomic E-state index is 0.0717. The van der Waals surface area contributed by atoms with Gasteiger partial charge in [-0.1, -0.05) is 24.3 Å². The van der Waals surface area contributed by atoms with Gasteiger partial charge in [-0.05, 0) is 36.2 Å². The first-order valence-corrected chi connectivity index (χ1v) is 6.06. The molecule has 92 valence electrons. The van der Waals surface area contributed by atoms with Crippen molar-refractivity contribution in [2.75, 3.05) is 0 Å². The first kappa shape index (κ1) is 11.5. The minimum Gasteiger partial charge on any atom is -0.295 e. The molecule has 0 aliphatic rings. The highest BCUT2D eigenvalue weighted by Gasteiger charge is 2.04. The van der Waals surface area contributed by atoms with E-state index in [9.17, 15) is 4.79 Å². The van der Waals surface area contributed by atoms with Crippen LogP contribution in [0.1, 0.15) is 17.3 Å². The van der Waals surface area contributed by atoms with E-state index < -0.39 is 0 Å². The lowest BCUT2D eigenvalue weighted by molar-refractivity contribution is 0.101. The number of aromatic nitrogens is 2. The van der Waals surface area contributed by atoms with E-state index in [4.69, 9.17) is 0 Å². The summed E-state index contributed by atoms with van der Waals surface area (Å²) in [6, 6.07) is 13.5. The fourth-order valence-electron chi connectivity index (χ4n) is 2.06. The quantitative estimate of drug-likeness (QED) is 0.652. The van der Waals surface area contributed by atoms with Gasteiger partial charge in [-0.2, -0.15) is 0 Å². The number of carbonyl (C=O) groups is 1. The normalized spacial score (nSPS) is 10.6. The van der Waals surface area contributed by atoms with Crippen molar-refractivity contribution in [2.24, 2.45) is 0 Å². The van der Waals surface area contributed by atoms with E-state index in [1.807, 2.05) is 42.5 Å². The highest BCUT2D eigenvalue weighted by Crippen LogP contribution is 2.23. The zero-order valence-corrected chi connectivity index (χ0v) is 10.5. The van der Waals surface area contributed by atoms with Crippen LogP contribution >= 0.6 is 0 Å². The number of Topliss-reactive ketones (excluding diaryl/α,β-unsaturated/α-hetero) is 1. The molecule has 0 radical (unpaired) electrons. The van der Waals surface area contributed by atoms with Crippen LogP contribution < -0.4 is 0 Å². The predicted molar refractivity (Wildman–Crippen MR) is 75.0 cm³/mol. The van der Waals surface area contributed by atoms with Crippen LogP contribution in [0.15, 0.2) is 54.9 Å². The maximum Gasteiger partial charge on any atom is 0.159 e. The molecule has 1 heterocycles. The fourth-order valence-corrected chi connectivity index (χ4v) is 2.06. The van der Waals surface area contributed by atoms with Crippen molar-refractivity contribution in [2.45, 2.75) is 6.92 Å². The fraction of sp³-hybridized carbons (Fsp3) is 0.0625. The number of benzene rings is 2. The van der Waals surface area contributed by atoms with Gasteiger partial charge in [0.2, 0.25) is 0 Å². The molecule has 0 spiro atoms. The number of carbonyl (C=O) groups excluding carboxylic acids is 1. The Balaban J connectivity index is 2.13. The Hall–Kier alpha value is -2.55. The lowest BCUT2D eigenvalue weighted by atomic mass is 10.0. The lowest BCUT2D eigenvalue weighted by Crippen LogP contribution is -1.92. The third-order valence-electron chi connectivity index (χ3n) is 3.07. The molecule has 0 amide bonds. The number of nitrogens with zero attached hydrogens (tertiary/aromatic N) is 2. The Bertz CT molecular complexity index is 765. The van der Waals surface area contributed by atoms with Gasteiger partial charge < -0.3 is 0 Å². The Morgan fingerprint density at radius 3 is 2.42 bits per heavy atom. The van der Waals surface area contributed by atoms with Crippen molar-refractivity contribution >= 4 is 16.8 Å². The number of fused-ring (bicyclic) bond motifs is 1. The van der Waals surface area contributed by atoms with Crippen LogP contribution in [0.5, 0.6) is 0 Å². The standard InChI is InChI=1S/C16H12N2O/c1-11(19)12-3-2-4-13(9-12)14-5-6-15-16(10-14)18-8-7-17-15/h2-10H,1H3. The number of rotatable bonds is 2. The number of ketones is 1. The molecule has 19 heavy (non-hydrogen) atoms. The van der Waals surface area contributed by atoms with E-state index in [-0.39, 0.29) is 5.78 Å². The summed E-state index contributed by atoms with van der Waals surface area (Å²) in [5, 5.41) is 0. The molecule has 0 N–H and O–H groups in total. The van der Waals surface area contributed by atoms with Crippen LogP contribution in [0.25, 0.3) is 22.2 Å². The van der Waals surface area contributed by atoms with Crippen molar-refractivity contribution in [3.63, 3.8) is 0 Å². The van der Waals surface area contributed by atoms with Gasteiger partial charge in [0.15, 0.2) is 5.78 Å². The van der Waals surface area contributed by atoms with Crippen LogP contribution in [0, 0.1) is 0 Å². The minimum atomic E-state index is 0.0717. The van der Waals surface area contributed by atoms with Gasteiger partial charge >= 0.3 is 0 Å². The van der Waals surface area contributed by atoms with Crippen LogP contribution in [0.3, 0.4) is 0 Å². The second kappa shape index (κ2) is 4.61. The molecule has 0 unspecified atom stereocenters. The lowest BCUT2D eigenvalue weighted by Gasteiger charge is -2.04. The van der Waals surface area contributed by atoms with E-state index in [1.54, 1.807) is 19.3 Å². The van der Waals surface area contributed by atoms with Crippen LogP contribution in [-0.2, 0) is 0 Å². The summed E-state index contributed by atoms with van der Waals surface area (Å²) in [7, 11) is 0. The zero-order valence-electron chi connectivity index (χ0n) is 10.5. The Morgan fingerprint density at radius 1 is 0.895 bits per heavy atom. The summed E-state index contributed by atoms with van der Waals surface area (Å²) in [6.07, 6.45) is 3.36. The molecule has 0 aliphatic carbocycles. The molecule has 0 saturated heterocycles. The molecule has 0 bridgehead atoms. The van der Waals surface area contributed by atoms with Crippen molar-refractivity contribution in [3.05, 3.63) is 60.4 Å². The number of hydrogen-bond donors (Lipinski definition) is 0. The molecule has 3 heteroatoms. The molecule has 0 atom stereocenters. The monoisotopic (exact) mass is 248 g/mol. The van der Waals surface area contributed by atoms with E-state index in [0.717, 1.165) is 27.7 Å². The third kappa shape index (κ3) is 2.22. The van der Waals surface area contributed by atoms with Crippen LogP contribution in [-0.4, -0.2) is 15.8 Å². The zero-order chi connectivity index (χ0) is 13.2. The molecule has 1 aromatic heterocycles. The Labute approximate surface area is 111 Å². The Morgan fingerprint density at radius 2 is 1.63 bits per heavy atom. The average Bonchev–Trinajstić information content (AvgIpc) is 2.47. The third-order valence-corrected chi connectivity index (χ3v) is 3.07. The van der Waals surface area contributed by atoms with Gasteiger partial charge in [0.25, 0.3) is 0 Å². The highest BCUT2D eigenvalue weighted by atomic mass is 16.1. The van der Waals surface area contributed by atoms with E-state index in [1.165, 1.54) is 0 Å². The molecular weight excluding hydrogens is 236 g/mol. The topological polar surface area (TPSA) is 42.9 Å². The van der Waals surface area contributed by atoms with Gasteiger partial charge in [-0.15, -0.1) is 0 Å². The summed E-state index contributed by atoms with van der Waals surface area (Å²) in [5.74, 6) is 0.0717. The van der Waals surface area contributed by atoms with Crippen LogP contribution in [0.2, 0.25) is 0 Å². The maximum atomic E-state index is 11.4. The first-order chi connectivity index (χ1) is 9.24. The molecule has 3 aromatic rings. The van der Waals surface area contributed by atoms with Gasteiger partial charge in [0.05, 0.1) is 11.0 Å². The summed E-state index contributed by atoms with van der Waals surface area (Å²) in [4.78, 5) is 20.0.